The second-order valence-electron chi connectivity index (χ2n) is 6.32. The van der Waals surface area contributed by atoms with Crippen LogP contribution in [0.1, 0.15) is 49.7 Å². The number of nitrogens with zero attached hydrogens (tertiary/aromatic N) is 1. The normalized spacial score (nSPS) is 27.3. The third-order valence-electron chi connectivity index (χ3n) is 5.11. The van der Waals surface area contributed by atoms with Gasteiger partial charge in [0.2, 0.25) is 0 Å². The molecule has 1 aliphatic heterocycles. The molecule has 0 radical (unpaired) electrons. The quantitative estimate of drug-likeness (QED) is 0.916. The lowest BCUT2D eigenvalue weighted by Gasteiger charge is -2.44. The van der Waals surface area contributed by atoms with Crippen LogP contribution in [0.5, 0.6) is 0 Å². The third kappa shape index (κ3) is 2.75. The Morgan fingerprint density at radius 1 is 1.10 bits per heavy atom. The highest BCUT2D eigenvalue weighted by Crippen LogP contribution is 2.36. The number of likely N-dealkylation sites (tertiary alicyclic amines) is 1. The number of benzene rings is 1. The molecule has 2 atom stereocenters. The second-order valence-corrected chi connectivity index (χ2v) is 6.32. The molecule has 1 aliphatic carbocycles. The molecular formula is C17H25FN2. The van der Waals surface area contributed by atoms with Gasteiger partial charge in [0.05, 0.1) is 0 Å². The summed E-state index contributed by atoms with van der Waals surface area (Å²) >= 11 is 0. The van der Waals surface area contributed by atoms with Gasteiger partial charge in [-0.25, -0.2) is 4.39 Å². The van der Waals surface area contributed by atoms with Crippen molar-refractivity contribution in [2.45, 2.75) is 57.7 Å². The van der Waals surface area contributed by atoms with E-state index in [1.165, 1.54) is 38.5 Å². The fourth-order valence-corrected chi connectivity index (χ4v) is 4.06. The van der Waals surface area contributed by atoms with Crippen LogP contribution in [0.3, 0.4) is 0 Å². The summed E-state index contributed by atoms with van der Waals surface area (Å²) in [7, 11) is 0. The topological polar surface area (TPSA) is 29.3 Å². The highest BCUT2D eigenvalue weighted by atomic mass is 19.1. The van der Waals surface area contributed by atoms with Gasteiger partial charge in [0.15, 0.2) is 0 Å². The van der Waals surface area contributed by atoms with E-state index in [-0.39, 0.29) is 12.4 Å². The highest BCUT2D eigenvalue weighted by Gasteiger charge is 2.33. The van der Waals surface area contributed by atoms with E-state index in [2.05, 4.69) is 4.90 Å². The number of nitrogens with two attached hydrogens (primary N) is 1. The zero-order valence-corrected chi connectivity index (χ0v) is 12.2. The van der Waals surface area contributed by atoms with E-state index in [1.54, 1.807) is 6.07 Å². The Morgan fingerprint density at radius 2 is 1.85 bits per heavy atom. The third-order valence-corrected chi connectivity index (χ3v) is 5.11. The molecule has 2 nitrogen and oxygen atoms in total. The van der Waals surface area contributed by atoms with Crippen molar-refractivity contribution in [1.29, 1.82) is 0 Å². The number of halogens is 1. The van der Waals surface area contributed by atoms with E-state index >= 15 is 0 Å². The van der Waals surface area contributed by atoms with Crippen molar-refractivity contribution in [2.75, 3.05) is 6.54 Å². The highest BCUT2D eigenvalue weighted by molar-refractivity contribution is 5.26. The van der Waals surface area contributed by atoms with Crippen LogP contribution in [0.2, 0.25) is 0 Å². The Hall–Kier alpha value is -0.930. The van der Waals surface area contributed by atoms with E-state index in [4.69, 9.17) is 5.73 Å². The number of hydrogen-bond donors (Lipinski definition) is 1. The molecule has 1 heterocycles. The summed E-state index contributed by atoms with van der Waals surface area (Å²) < 4.78 is 14.3. The standard InChI is InChI=1S/C17H25FN2/c18-17-14(11-19)6-3-7-15(17)12-20-10-4-8-13-5-1-2-9-16(13)20/h3,6-7,13,16H,1-2,4-5,8-12,19H2/t13-,16-/m1/s1. The van der Waals surface area contributed by atoms with Gasteiger partial charge >= 0.3 is 0 Å². The predicted molar refractivity (Wildman–Crippen MR) is 79.7 cm³/mol. The minimum absolute atomic E-state index is 0.0899. The summed E-state index contributed by atoms with van der Waals surface area (Å²) in [6.07, 6.45) is 8.01. The fourth-order valence-electron chi connectivity index (χ4n) is 4.06. The van der Waals surface area contributed by atoms with Crippen LogP contribution in [0.4, 0.5) is 4.39 Å². The molecule has 20 heavy (non-hydrogen) atoms. The van der Waals surface area contributed by atoms with Crippen LogP contribution in [0.15, 0.2) is 18.2 Å². The Bertz CT molecular complexity index is 458. The van der Waals surface area contributed by atoms with Gasteiger partial charge in [-0.15, -0.1) is 0 Å². The molecular weight excluding hydrogens is 251 g/mol. The maximum absolute atomic E-state index is 14.3. The molecule has 0 bridgehead atoms. The smallest absolute Gasteiger partial charge is 0.132 e. The van der Waals surface area contributed by atoms with Gasteiger partial charge in [-0.05, 0) is 38.1 Å². The predicted octanol–water partition coefficient (Wildman–Crippen LogP) is 3.44. The largest absolute Gasteiger partial charge is 0.326 e. The van der Waals surface area contributed by atoms with Crippen molar-refractivity contribution in [3.8, 4) is 0 Å². The monoisotopic (exact) mass is 276 g/mol. The Morgan fingerprint density at radius 3 is 2.70 bits per heavy atom. The first-order chi connectivity index (χ1) is 9.79. The number of piperidine rings is 1. The molecule has 2 fully saturated rings. The van der Waals surface area contributed by atoms with E-state index in [9.17, 15) is 4.39 Å². The summed E-state index contributed by atoms with van der Waals surface area (Å²) in [5.41, 5.74) is 7.06. The van der Waals surface area contributed by atoms with Crippen LogP contribution in [-0.4, -0.2) is 17.5 Å². The van der Waals surface area contributed by atoms with Crippen molar-refractivity contribution in [3.05, 3.63) is 35.1 Å². The van der Waals surface area contributed by atoms with Crippen molar-refractivity contribution in [2.24, 2.45) is 11.7 Å². The van der Waals surface area contributed by atoms with Crippen LogP contribution < -0.4 is 5.73 Å². The van der Waals surface area contributed by atoms with Crippen molar-refractivity contribution in [3.63, 3.8) is 0 Å². The van der Waals surface area contributed by atoms with E-state index in [1.807, 2.05) is 12.1 Å². The first kappa shape index (κ1) is 14.0. The van der Waals surface area contributed by atoms with Gasteiger partial charge in [-0.1, -0.05) is 31.0 Å². The minimum Gasteiger partial charge on any atom is -0.326 e. The molecule has 110 valence electrons. The van der Waals surface area contributed by atoms with Gasteiger partial charge in [-0.3, -0.25) is 4.90 Å². The number of fused-ring (bicyclic) bond motifs is 1. The molecule has 2 N–H and O–H groups in total. The van der Waals surface area contributed by atoms with Gasteiger partial charge < -0.3 is 5.73 Å². The van der Waals surface area contributed by atoms with E-state index < -0.39 is 0 Å². The summed E-state index contributed by atoms with van der Waals surface area (Å²) in [5, 5.41) is 0. The molecule has 2 aliphatic rings. The van der Waals surface area contributed by atoms with Gasteiger partial charge in [0, 0.05) is 30.3 Å². The molecule has 0 spiro atoms. The SMILES string of the molecule is NCc1cccc(CN2CCC[C@H]3CCCC[C@H]32)c1F. The second kappa shape index (κ2) is 6.23. The summed E-state index contributed by atoms with van der Waals surface area (Å²) in [6.45, 7) is 2.15. The fraction of sp³-hybridized carbons (Fsp3) is 0.647. The molecule has 1 aromatic carbocycles. The maximum atomic E-state index is 14.3. The number of hydrogen-bond acceptors (Lipinski definition) is 2. The molecule has 1 saturated heterocycles. The zero-order valence-electron chi connectivity index (χ0n) is 12.2. The van der Waals surface area contributed by atoms with Crippen molar-refractivity contribution < 1.29 is 4.39 Å². The van der Waals surface area contributed by atoms with Crippen molar-refractivity contribution in [1.82, 2.24) is 4.90 Å². The molecule has 0 aromatic heterocycles. The molecule has 0 unspecified atom stereocenters. The van der Waals surface area contributed by atoms with E-state index in [0.717, 1.165) is 24.6 Å². The maximum Gasteiger partial charge on any atom is 0.132 e. The lowest BCUT2D eigenvalue weighted by Crippen LogP contribution is -2.46. The molecule has 3 rings (SSSR count). The van der Waals surface area contributed by atoms with Crippen LogP contribution in [0.25, 0.3) is 0 Å². The Kier molecular flexibility index (Phi) is 4.37. The van der Waals surface area contributed by atoms with Gasteiger partial charge in [0.25, 0.3) is 0 Å². The van der Waals surface area contributed by atoms with Crippen LogP contribution in [0, 0.1) is 11.7 Å². The van der Waals surface area contributed by atoms with Gasteiger partial charge in [0.1, 0.15) is 5.82 Å². The first-order valence-corrected chi connectivity index (χ1v) is 8.00. The Balaban J connectivity index is 1.76. The molecule has 1 saturated carbocycles. The zero-order chi connectivity index (χ0) is 13.9. The average molecular weight is 276 g/mol. The average Bonchev–Trinajstić information content (AvgIpc) is 2.50. The molecule has 1 aromatic rings. The van der Waals surface area contributed by atoms with E-state index in [0.29, 0.717) is 11.6 Å². The Labute approximate surface area is 121 Å². The lowest BCUT2D eigenvalue weighted by atomic mass is 9.78. The molecule has 0 amide bonds. The van der Waals surface area contributed by atoms with Crippen LogP contribution in [-0.2, 0) is 13.1 Å². The lowest BCUT2D eigenvalue weighted by molar-refractivity contribution is 0.0538. The summed E-state index contributed by atoms with van der Waals surface area (Å²) in [5.74, 6) is 0.756. The summed E-state index contributed by atoms with van der Waals surface area (Å²) in [4.78, 5) is 2.52. The first-order valence-electron chi connectivity index (χ1n) is 8.00. The molecule has 3 heteroatoms. The summed E-state index contributed by atoms with van der Waals surface area (Å²) in [6, 6.07) is 6.32. The van der Waals surface area contributed by atoms with Crippen LogP contribution >= 0.6 is 0 Å². The van der Waals surface area contributed by atoms with Crippen molar-refractivity contribution >= 4 is 0 Å². The number of rotatable bonds is 3. The minimum atomic E-state index is -0.0899. The van der Waals surface area contributed by atoms with Gasteiger partial charge in [-0.2, -0.15) is 0 Å².